The number of ether oxygens (including phenoxy) is 1. The molecule has 4 nitrogen and oxygen atoms in total. The van der Waals surface area contributed by atoms with Gasteiger partial charge in [-0.15, -0.1) is 0 Å². The number of nitrogens with one attached hydrogen (secondary N) is 1. The van der Waals surface area contributed by atoms with E-state index < -0.39 is 0 Å². The van der Waals surface area contributed by atoms with Crippen molar-refractivity contribution in [2.75, 3.05) is 6.61 Å². The molecule has 0 bridgehead atoms. The molecule has 5 aliphatic carbocycles. The van der Waals surface area contributed by atoms with Gasteiger partial charge in [0, 0.05) is 30.8 Å². The van der Waals surface area contributed by atoms with Gasteiger partial charge in [0.25, 0.3) is 0 Å². The third-order valence-corrected chi connectivity index (χ3v) is 12.6. The topological polar surface area (TPSA) is 58.6 Å². The highest BCUT2D eigenvalue weighted by molar-refractivity contribution is 5.79. The molecule has 2 N–H and O–H groups in total. The summed E-state index contributed by atoms with van der Waals surface area (Å²) < 4.78 is 6.39. The molecule has 38 heavy (non-hydrogen) atoms. The Bertz CT molecular complexity index is 994. The van der Waals surface area contributed by atoms with Crippen LogP contribution in [0.25, 0.3) is 0 Å². The standard InChI is InChI=1S/C34H51NO3/c1-23-6-3-4-9-31(23)35-22-24-7-5-8-27(20-24)38-19-18-34-17-15-29-28(30(34)12-13-32(34)37)11-10-25-21-26(36)14-16-33(25,29)2/h5,7-8,20,23,25,28-32,35,37H,3-4,6,9-19,21-22H2,1-2H3/t23-,25?,28?,29?,30?,31?,32-,33-,34+/m0/s1. The summed E-state index contributed by atoms with van der Waals surface area (Å²) in [5, 5.41) is 15.1. The number of carbonyl (C=O) groups excluding carboxylic acids is 1. The quantitative estimate of drug-likeness (QED) is 0.403. The Hall–Kier alpha value is -1.39. The largest absolute Gasteiger partial charge is 0.494 e. The Labute approximate surface area is 230 Å². The van der Waals surface area contributed by atoms with Crippen molar-refractivity contribution in [2.45, 2.75) is 122 Å². The van der Waals surface area contributed by atoms with E-state index >= 15 is 0 Å². The zero-order valence-corrected chi connectivity index (χ0v) is 23.9. The second-order valence-corrected chi connectivity index (χ2v) is 14.3. The van der Waals surface area contributed by atoms with E-state index in [-0.39, 0.29) is 11.5 Å². The van der Waals surface area contributed by atoms with E-state index in [0.717, 1.165) is 62.7 Å². The fraction of sp³-hybridized carbons (Fsp3) is 0.794. The first kappa shape index (κ1) is 26.8. The Kier molecular flexibility index (Phi) is 7.68. The van der Waals surface area contributed by atoms with Crippen molar-refractivity contribution < 1.29 is 14.6 Å². The van der Waals surface area contributed by atoms with Crippen molar-refractivity contribution >= 4 is 5.78 Å². The maximum Gasteiger partial charge on any atom is 0.133 e. The Morgan fingerprint density at radius 1 is 1.03 bits per heavy atom. The van der Waals surface area contributed by atoms with Crippen LogP contribution in [0.1, 0.15) is 109 Å². The highest BCUT2D eigenvalue weighted by Gasteiger charge is 2.61. The van der Waals surface area contributed by atoms with Crippen molar-refractivity contribution in [3.8, 4) is 5.75 Å². The maximum absolute atomic E-state index is 12.2. The minimum atomic E-state index is -0.191. The second kappa shape index (κ2) is 10.9. The molecule has 1 aromatic carbocycles. The van der Waals surface area contributed by atoms with Gasteiger partial charge in [-0.3, -0.25) is 4.79 Å². The molecule has 9 atom stereocenters. The molecule has 0 spiro atoms. The highest BCUT2D eigenvalue weighted by Crippen LogP contribution is 2.66. The lowest BCUT2D eigenvalue weighted by atomic mass is 9.44. The molecule has 5 fully saturated rings. The minimum Gasteiger partial charge on any atom is -0.494 e. The van der Waals surface area contributed by atoms with Crippen LogP contribution < -0.4 is 10.1 Å². The molecule has 5 aliphatic rings. The highest BCUT2D eigenvalue weighted by atomic mass is 16.5. The van der Waals surface area contributed by atoms with Gasteiger partial charge < -0.3 is 15.2 Å². The molecule has 4 heteroatoms. The minimum absolute atomic E-state index is 0.0190. The van der Waals surface area contributed by atoms with Gasteiger partial charge in [-0.1, -0.05) is 38.8 Å². The summed E-state index contributed by atoms with van der Waals surface area (Å²) in [6.07, 6.45) is 15.8. The van der Waals surface area contributed by atoms with Crippen molar-refractivity contribution in [3.05, 3.63) is 29.8 Å². The maximum atomic E-state index is 12.2. The number of aliphatic hydroxyl groups is 1. The zero-order chi connectivity index (χ0) is 26.3. The summed E-state index contributed by atoms with van der Waals surface area (Å²) in [6, 6.07) is 9.27. The van der Waals surface area contributed by atoms with E-state index in [9.17, 15) is 9.90 Å². The molecule has 6 rings (SSSR count). The van der Waals surface area contributed by atoms with Gasteiger partial charge in [-0.2, -0.15) is 0 Å². The van der Waals surface area contributed by atoms with E-state index in [2.05, 4.69) is 43.4 Å². The molecular weight excluding hydrogens is 470 g/mol. The first-order valence-corrected chi connectivity index (χ1v) is 16.0. The third kappa shape index (κ3) is 4.87. The lowest BCUT2D eigenvalue weighted by Gasteiger charge is -2.60. The van der Waals surface area contributed by atoms with Gasteiger partial charge in [-0.25, -0.2) is 0 Å². The normalized spacial score (nSPS) is 42.7. The lowest BCUT2D eigenvalue weighted by molar-refractivity contribution is -0.145. The van der Waals surface area contributed by atoms with Gasteiger partial charge in [0.2, 0.25) is 0 Å². The number of benzene rings is 1. The summed E-state index contributed by atoms with van der Waals surface area (Å²) in [7, 11) is 0. The van der Waals surface area contributed by atoms with Gasteiger partial charge in [0.05, 0.1) is 12.7 Å². The van der Waals surface area contributed by atoms with Crippen LogP contribution in [0.3, 0.4) is 0 Å². The molecule has 0 radical (unpaired) electrons. The van der Waals surface area contributed by atoms with Crippen LogP contribution >= 0.6 is 0 Å². The number of carbonyl (C=O) groups is 1. The third-order valence-electron chi connectivity index (χ3n) is 12.6. The number of rotatable bonds is 7. The molecule has 0 heterocycles. The van der Waals surface area contributed by atoms with Crippen LogP contribution in [0.5, 0.6) is 5.75 Å². The van der Waals surface area contributed by atoms with E-state index in [4.69, 9.17) is 4.74 Å². The predicted molar refractivity (Wildman–Crippen MR) is 152 cm³/mol. The molecule has 5 unspecified atom stereocenters. The van der Waals surface area contributed by atoms with Gasteiger partial charge in [0.1, 0.15) is 11.5 Å². The number of aliphatic hydroxyl groups excluding tert-OH is 1. The van der Waals surface area contributed by atoms with Crippen molar-refractivity contribution in [2.24, 2.45) is 40.4 Å². The van der Waals surface area contributed by atoms with Gasteiger partial charge in [0.15, 0.2) is 0 Å². The van der Waals surface area contributed by atoms with Crippen LogP contribution in [0.4, 0.5) is 0 Å². The van der Waals surface area contributed by atoms with Gasteiger partial charge >= 0.3 is 0 Å². The summed E-state index contributed by atoms with van der Waals surface area (Å²) in [6.45, 7) is 6.50. The molecule has 5 saturated carbocycles. The van der Waals surface area contributed by atoms with Crippen LogP contribution in [-0.2, 0) is 11.3 Å². The molecule has 0 aliphatic heterocycles. The molecule has 1 aromatic rings. The number of ketones is 1. The van der Waals surface area contributed by atoms with Crippen molar-refractivity contribution in [1.29, 1.82) is 0 Å². The van der Waals surface area contributed by atoms with Crippen LogP contribution in [0.2, 0.25) is 0 Å². The predicted octanol–water partition coefficient (Wildman–Crippen LogP) is 7.08. The average molecular weight is 522 g/mol. The number of Topliss-reactive ketones (excluding diaryl/α,β-unsaturated/α-hetero) is 1. The van der Waals surface area contributed by atoms with E-state index in [1.165, 1.54) is 56.9 Å². The molecule has 0 saturated heterocycles. The first-order valence-electron chi connectivity index (χ1n) is 16.0. The molecule has 0 amide bonds. The SMILES string of the molecule is C[C@H]1CCCCC1NCc1cccc(OCC[C@]23CCC4C(CCC5CC(=O)CC[C@@]54C)C2CC[C@@H]3O)c1. The summed E-state index contributed by atoms with van der Waals surface area (Å²) in [4.78, 5) is 12.2. The smallest absolute Gasteiger partial charge is 0.133 e. The van der Waals surface area contributed by atoms with Crippen LogP contribution in [0.15, 0.2) is 24.3 Å². The average Bonchev–Trinajstić information content (AvgIpc) is 3.25. The fourth-order valence-corrected chi connectivity index (χ4v) is 10.3. The Morgan fingerprint density at radius 3 is 2.76 bits per heavy atom. The number of fused-ring (bicyclic) bond motifs is 5. The van der Waals surface area contributed by atoms with E-state index in [1.54, 1.807) is 0 Å². The zero-order valence-electron chi connectivity index (χ0n) is 23.9. The second-order valence-electron chi connectivity index (χ2n) is 14.3. The first-order chi connectivity index (χ1) is 18.4. The summed E-state index contributed by atoms with van der Waals surface area (Å²) >= 11 is 0. The van der Waals surface area contributed by atoms with Crippen molar-refractivity contribution in [3.63, 3.8) is 0 Å². The lowest BCUT2D eigenvalue weighted by Crippen LogP contribution is -2.55. The molecular formula is C34H51NO3. The molecule has 0 aromatic heterocycles. The van der Waals surface area contributed by atoms with Crippen LogP contribution in [0, 0.1) is 40.4 Å². The molecule has 210 valence electrons. The van der Waals surface area contributed by atoms with E-state index in [1.807, 2.05) is 0 Å². The Balaban J connectivity index is 1.08. The van der Waals surface area contributed by atoms with Crippen molar-refractivity contribution in [1.82, 2.24) is 5.32 Å². The summed E-state index contributed by atoms with van der Waals surface area (Å²) in [5.74, 6) is 4.88. The summed E-state index contributed by atoms with van der Waals surface area (Å²) in [5.41, 5.74) is 1.65. The Morgan fingerprint density at radius 2 is 1.89 bits per heavy atom. The number of hydrogen-bond donors (Lipinski definition) is 2. The number of hydrogen-bond acceptors (Lipinski definition) is 4. The van der Waals surface area contributed by atoms with Crippen LogP contribution in [-0.4, -0.2) is 29.6 Å². The van der Waals surface area contributed by atoms with E-state index in [0.29, 0.717) is 41.6 Å². The fourth-order valence-electron chi connectivity index (χ4n) is 10.3. The monoisotopic (exact) mass is 521 g/mol. The van der Waals surface area contributed by atoms with Gasteiger partial charge in [-0.05, 0) is 117 Å².